The summed E-state index contributed by atoms with van der Waals surface area (Å²) in [5.41, 5.74) is 0. The average molecular weight is 288 g/mol. The van der Waals surface area contributed by atoms with Crippen molar-refractivity contribution in [3.8, 4) is 0 Å². The van der Waals surface area contributed by atoms with Gasteiger partial charge in [-0.15, -0.1) is 0 Å². The molecule has 2 rings (SSSR count). The molecule has 0 radical (unpaired) electrons. The van der Waals surface area contributed by atoms with Crippen LogP contribution in [0.1, 0.15) is 40.0 Å². The van der Waals surface area contributed by atoms with E-state index in [-0.39, 0.29) is 5.25 Å². The summed E-state index contributed by atoms with van der Waals surface area (Å²) in [7, 11) is -2.91. The zero-order chi connectivity index (χ0) is 14.0. The average Bonchev–Trinajstić information content (AvgIpc) is 3.20. The van der Waals surface area contributed by atoms with Gasteiger partial charge in [-0.3, -0.25) is 4.90 Å². The van der Waals surface area contributed by atoms with E-state index in [4.69, 9.17) is 0 Å². The van der Waals surface area contributed by atoms with Crippen molar-refractivity contribution < 1.29 is 8.42 Å². The maximum atomic E-state index is 12.0. The molecule has 1 saturated carbocycles. The first kappa shape index (κ1) is 15.3. The zero-order valence-electron chi connectivity index (χ0n) is 12.4. The van der Waals surface area contributed by atoms with Crippen molar-refractivity contribution in [3.05, 3.63) is 0 Å². The molecule has 0 amide bonds. The van der Waals surface area contributed by atoms with Gasteiger partial charge in [0.05, 0.1) is 11.0 Å². The topological polar surface area (TPSA) is 49.4 Å². The molecule has 0 spiro atoms. The Hall–Kier alpha value is -0.130. The number of rotatable bonds is 6. The minimum absolute atomic E-state index is 0.255. The van der Waals surface area contributed by atoms with Gasteiger partial charge in [0, 0.05) is 31.7 Å². The maximum Gasteiger partial charge on any atom is 0.153 e. The van der Waals surface area contributed by atoms with Gasteiger partial charge in [0.15, 0.2) is 9.84 Å². The lowest BCUT2D eigenvalue weighted by molar-refractivity contribution is 0.126. The molecule has 1 N–H and O–H groups in total. The fraction of sp³-hybridized carbons (Fsp3) is 1.00. The molecule has 0 aromatic rings. The lowest BCUT2D eigenvalue weighted by Gasteiger charge is -2.40. The van der Waals surface area contributed by atoms with E-state index >= 15 is 0 Å². The molecule has 1 saturated heterocycles. The first-order valence-corrected chi connectivity index (χ1v) is 9.34. The van der Waals surface area contributed by atoms with Crippen molar-refractivity contribution >= 4 is 9.84 Å². The second-order valence-corrected chi connectivity index (χ2v) is 9.00. The molecule has 1 aliphatic heterocycles. The molecule has 2 fully saturated rings. The molecule has 2 atom stereocenters. The van der Waals surface area contributed by atoms with Gasteiger partial charge < -0.3 is 5.32 Å². The van der Waals surface area contributed by atoms with Gasteiger partial charge in [-0.2, -0.15) is 0 Å². The van der Waals surface area contributed by atoms with Gasteiger partial charge in [-0.25, -0.2) is 8.42 Å². The Kier molecular flexibility index (Phi) is 4.90. The van der Waals surface area contributed by atoms with Crippen LogP contribution in [-0.4, -0.2) is 56.0 Å². The first-order chi connectivity index (χ1) is 8.94. The fourth-order valence-electron chi connectivity index (χ4n) is 2.85. The number of piperazine rings is 1. The normalized spacial score (nSPS) is 29.9. The van der Waals surface area contributed by atoms with Crippen molar-refractivity contribution in [2.45, 2.75) is 57.4 Å². The SMILES string of the molecule is CCC1CNC(C2CC2)CN1CCS(=O)(=O)C(C)C. The first-order valence-electron chi connectivity index (χ1n) is 7.63. The Morgan fingerprint density at radius 1 is 1.32 bits per heavy atom. The van der Waals surface area contributed by atoms with E-state index < -0.39 is 9.84 Å². The van der Waals surface area contributed by atoms with Gasteiger partial charge in [-0.05, 0) is 39.0 Å². The van der Waals surface area contributed by atoms with Crippen LogP contribution in [-0.2, 0) is 9.84 Å². The highest BCUT2D eigenvalue weighted by atomic mass is 32.2. The Balaban J connectivity index is 1.91. The lowest BCUT2D eigenvalue weighted by atomic mass is 10.0. The number of hydrogen-bond acceptors (Lipinski definition) is 4. The standard InChI is InChI=1S/C14H28N2O2S/c1-4-13-9-15-14(12-5-6-12)10-16(13)7-8-19(17,18)11(2)3/h11-15H,4-10H2,1-3H3. The van der Waals surface area contributed by atoms with Crippen molar-refractivity contribution in [1.29, 1.82) is 0 Å². The van der Waals surface area contributed by atoms with E-state index in [2.05, 4.69) is 17.1 Å². The van der Waals surface area contributed by atoms with Crippen molar-refractivity contribution in [2.75, 3.05) is 25.4 Å². The summed E-state index contributed by atoms with van der Waals surface area (Å²) >= 11 is 0. The van der Waals surface area contributed by atoms with Crippen LogP contribution in [0, 0.1) is 5.92 Å². The second kappa shape index (κ2) is 6.10. The molecule has 0 bridgehead atoms. The summed E-state index contributed by atoms with van der Waals surface area (Å²) in [5.74, 6) is 1.14. The molecule has 0 aromatic heterocycles. The highest BCUT2D eigenvalue weighted by Gasteiger charge is 2.36. The van der Waals surface area contributed by atoms with Crippen LogP contribution in [0.2, 0.25) is 0 Å². The lowest BCUT2D eigenvalue weighted by Crippen LogP contribution is -2.57. The summed E-state index contributed by atoms with van der Waals surface area (Å²) in [5, 5.41) is 3.39. The maximum absolute atomic E-state index is 12.0. The van der Waals surface area contributed by atoms with Crippen LogP contribution in [0.25, 0.3) is 0 Å². The van der Waals surface area contributed by atoms with Gasteiger partial charge >= 0.3 is 0 Å². The van der Waals surface area contributed by atoms with Crippen LogP contribution in [0.5, 0.6) is 0 Å². The number of nitrogens with one attached hydrogen (secondary N) is 1. The third-order valence-electron chi connectivity index (χ3n) is 4.61. The van der Waals surface area contributed by atoms with Gasteiger partial charge in [0.25, 0.3) is 0 Å². The Morgan fingerprint density at radius 3 is 2.53 bits per heavy atom. The largest absolute Gasteiger partial charge is 0.311 e. The molecule has 19 heavy (non-hydrogen) atoms. The molecular formula is C14H28N2O2S. The molecule has 1 heterocycles. The Morgan fingerprint density at radius 2 is 2.00 bits per heavy atom. The van der Waals surface area contributed by atoms with Crippen LogP contribution >= 0.6 is 0 Å². The number of nitrogens with zero attached hydrogens (tertiary/aromatic N) is 1. The molecule has 5 heteroatoms. The zero-order valence-corrected chi connectivity index (χ0v) is 13.2. The predicted molar refractivity (Wildman–Crippen MR) is 79.1 cm³/mol. The van der Waals surface area contributed by atoms with E-state index in [1.165, 1.54) is 12.8 Å². The minimum atomic E-state index is -2.91. The molecule has 2 aliphatic rings. The van der Waals surface area contributed by atoms with Crippen molar-refractivity contribution in [3.63, 3.8) is 0 Å². The van der Waals surface area contributed by atoms with Crippen LogP contribution in [0.3, 0.4) is 0 Å². The fourth-order valence-corrected chi connectivity index (χ4v) is 3.81. The number of sulfone groups is 1. The molecular weight excluding hydrogens is 260 g/mol. The van der Waals surface area contributed by atoms with Gasteiger partial charge in [-0.1, -0.05) is 6.92 Å². The summed E-state index contributed by atoms with van der Waals surface area (Å²) in [6, 6.07) is 1.09. The van der Waals surface area contributed by atoms with Crippen LogP contribution < -0.4 is 5.32 Å². The second-order valence-electron chi connectivity index (χ2n) is 6.32. The van der Waals surface area contributed by atoms with E-state index in [0.717, 1.165) is 25.4 Å². The third kappa shape index (κ3) is 3.92. The monoisotopic (exact) mass is 288 g/mol. The van der Waals surface area contributed by atoms with Gasteiger partial charge in [0.1, 0.15) is 0 Å². The minimum Gasteiger partial charge on any atom is -0.311 e. The smallest absolute Gasteiger partial charge is 0.153 e. The van der Waals surface area contributed by atoms with Crippen LogP contribution in [0.4, 0.5) is 0 Å². The molecule has 4 nitrogen and oxygen atoms in total. The van der Waals surface area contributed by atoms with E-state index in [1.807, 2.05) is 0 Å². The highest BCUT2D eigenvalue weighted by molar-refractivity contribution is 7.92. The van der Waals surface area contributed by atoms with E-state index in [1.54, 1.807) is 13.8 Å². The highest BCUT2D eigenvalue weighted by Crippen LogP contribution is 2.34. The van der Waals surface area contributed by atoms with E-state index in [0.29, 0.717) is 24.4 Å². The summed E-state index contributed by atoms with van der Waals surface area (Å²) in [6.45, 7) is 8.47. The summed E-state index contributed by atoms with van der Waals surface area (Å²) < 4.78 is 23.9. The molecule has 1 aliphatic carbocycles. The molecule has 0 aromatic carbocycles. The van der Waals surface area contributed by atoms with Crippen molar-refractivity contribution in [1.82, 2.24) is 10.2 Å². The Bertz CT molecular complexity index is 390. The summed E-state index contributed by atoms with van der Waals surface area (Å²) in [6.07, 6.45) is 3.77. The predicted octanol–water partition coefficient (Wildman–Crippen LogP) is 1.27. The quantitative estimate of drug-likeness (QED) is 0.800. The van der Waals surface area contributed by atoms with Crippen molar-refractivity contribution in [2.24, 2.45) is 5.92 Å². The van der Waals surface area contributed by atoms with Crippen LogP contribution in [0.15, 0.2) is 0 Å². The number of hydrogen-bond donors (Lipinski definition) is 1. The summed E-state index contributed by atoms with van der Waals surface area (Å²) in [4.78, 5) is 2.40. The molecule has 2 unspecified atom stereocenters. The Labute approximate surface area is 117 Å². The van der Waals surface area contributed by atoms with E-state index in [9.17, 15) is 8.42 Å². The third-order valence-corrected chi connectivity index (χ3v) is 6.79. The molecule has 112 valence electrons. The van der Waals surface area contributed by atoms with Gasteiger partial charge in [0.2, 0.25) is 0 Å².